The highest BCUT2D eigenvalue weighted by molar-refractivity contribution is 4.91. The van der Waals surface area contributed by atoms with Gasteiger partial charge in [-0.3, -0.25) is 9.47 Å². The second-order valence-corrected chi connectivity index (χ2v) is 4.07. The number of hydrogen-bond acceptors (Lipinski definition) is 3. The largest absolute Gasteiger partial charge is 0.433 e. The summed E-state index contributed by atoms with van der Waals surface area (Å²) >= 11 is 0. The van der Waals surface area contributed by atoms with Crippen molar-refractivity contribution >= 4 is 0 Å². The van der Waals surface area contributed by atoms with Crippen LogP contribution in [0.1, 0.15) is 0 Å². The van der Waals surface area contributed by atoms with Crippen LogP contribution in [0.25, 0.3) is 0 Å². The second kappa shape index (κ2) is 7.30. The van der Waals surface area contributed by atoms with E-state index in [4.69, 9.17) is 0 Å². The fourth-order valence-electron chi connectivity index (χ4n) is 1.000. The predicted molar refractivity (Wildman–Crippen MR) is 44.9 cm³/mol. The van der Waals surface area contributed by atoms with E-state index in [0.29, 0.717) is 0 Å². The number of halogens is 16. The number of ether oxygens (including phenoxy) is 3. The molecule has 19 heteroatoms. The van der Waals surface area contributed by atoms with Crippen LogP contribution in [0, 0.1) is 0 Å². The monoisotopic (exact) mass is 450 g/mol. The van der Waals surface area contributed by atoms with Crippen LogP contribution >= 0.6 is 0 Å². The molecule has 0 bridgehead atoms. The van der Waals surface area contributed by atoms with Crippen LogP contribution < -0.4 is 0 Å². The maximum absolute atomic E-state index is 12.8. The van der Waals surface area contributed by atoms with Gasteiger partial charge in [-0.05, 0) is 0 Å². The Hall–Kier alpha value is -1.24. The molecule has 0 radical (unpaired) electrons. The molecule has 0 heterocycles. The molecule has 0 amide bonds. The average Bonchev–Trinajstić information content (AvgIpc) is 2.32. The fraction of sp³-hybridized carbons (Fsp3) is 1.00. The summed E-state index contributed by atoms with van der Waals surface area (Å²) in [6.07, 6.45) is -29.3. The van der Waals surface area contributed by atoms with E-state index in [0.717, 1.165) is 0 Å². The smallest absolute Gasteiger partial charge is 0.253 e. The van der Waals surface area contributed by atoms with Gasteiger partial charge < -0.3 is 0 Å². The van der Waals surface area contributed by atoms with E-state index in [1.165, 1.54) is 4.74 Å². The lowest BCUT2D eigenvalue weighted by atomic mass is 10.2. The zero-order chi connectivity index (χ0) is 22.3. The molecule has 0 aromatic rings. The molecule has 27 heavy (non-hydrogen) atoms. The molecule has 0 atom stereocenters. The second-order valence-electron chi connectivity index (χ2n) is 4.07. The maximum Gasteiger partial charge on any atom is 0.433 e. The van der Waals surface area contributed by atoms with Gasteiger partial charge in [0.1, 0.15) is 0 Å². The van der Waals surface area contributed by atoms with Crippen molar-refractivity contribution in [2.24, 2.45) is 0 Å². The number of alkyl halides is 16. The topological polar surface area (TPSA) is 27.7 Å². The van der Waals surface area contributed by atoms with Crippen molar-refractivity contribution in [2.75, 3.05) is 0 Å². The molecule has 0 unspecified atom stereocenters. The molecule has 3 nitrogen and oxygen atoms in total. The summed E-state index contributed by atoms with van der Waals surface area (Å²) in [7, 11) is 0. The van der Waals surface area contributed by atoms with Gasteiger partial charge in [-0.25, -0.2) is 4.74 Å². The van der Waals surface area contributed by atoms with Gasteiger partial charge in [0.15, 0.2) is 0 Å². The summed E-state index contributed by atoms with van der Waals surface area (Å²) in [5.41, 5.74) is 0. The zero-order valence-electron chi connectivity index (χ0n) is 11.4. The van der Waals surface area contributed by atoms with E-state index in [1.807, 2.05) is 0 Å². The molecule has 0 saturated heterocycles. The maximum atomic E-state index is 12.8. The van der Waals surface area contributed by atoms with Gasteiger partial charge in [-0.1, -0.05) is 0 Å². The normalized spacial score (nSPS) is 15.8. The molecule has 0 spiro atoms. The van der Waals surface area contributed by atoms with Gasteiger partial charge in [-0.2, -0.15) is 70.2 Å². The highest BCUT2D eigenvalue weighted by Gasteiger charge is 2.82. The van der Waals surface area contributed by atoms with Crippen LogP contribution in [0.2, 0.25) is 0 Å². The Bertz CT molecular complexity index is 458. The Labute approximate surface area is 135 Å². The standard InChI is InChI=1S/C8H2F16O3/c9-1(10)25-5(17,18)3(13,14)7(21,22)27-8(23,24)4(15,16)6(19,20)26-2(11)12/h1-2H. The van der Waals surface area contributed by atoms with Crippen molar-refractivity contribution < 1.29 is 84.5 Å². The molecular formula is C8H2F16O3. The Balaban J connectivity index is 5.87. The summed E-state index contributed by atoms with van der Waals surface area (Å²) in [4.78, 5) is 0. The molecule has 0 aliphatic rings. The van der Waals surface area contributed by atoms with Gasteiger partial charge in [0, 0.05) is 0 Å². The number of rotatable bonds is 10. The number of hydrogen-bond donors (Lipinski definition) is 0. The summed E-state index contributed by atoms with van der Waals surface area (Å²) < 4.78 is 203. The molecule has 164 valence electrons. The lowest BCUT2D eigenvalue weighted by Crippen LogP contribution is -2.64. The van der Waals surface area contributed by atoms with E-state index < -0.39 is 49.5 Å². The first kappa shape index (κ1) is 25.8. The molecule has 0 N–H and O–H groups in total. The van der Waals surface area contributed by atoms with E-state index in [1.54, 1.807) is 9.47 Å². The SMILES string of the molecule is FC(F)OC(F)(F)C(F)(F)C(F)(F)OC(F)(F)C(F)(F)C(F)(F)OC(F)F. The van der Waals surface area contributed by atoms with Gasteiger partial charge in [-0.15, -0.1) is 0 Å². The lowest BCUT2D eigenvalue weighted by molar-refractivity contribution is -0.538. The minimum atomic E-state index is -7.58. The van der Waals surface area contributed by atoms with Crippen LogP contribution in [0.5, 0.6) is 0 Å². The van der Waals surface area contributed by atoms with Crippen LogP contribution in [-0.2, 0) is 14.2 Å². The average molecular weight is 450 g/mol. The quantitative estimate of drug-likeness (QED) is 0.433. The predicted octanol–water partition coefficient (Wildman–Crippen LogP) is 5.12. The van der Waals surface area contributed by atoms with Crippen molar-refractivity contribution in [1.29, 1.82) is 0 Å². The molecule has 0 fully saturated rings. The minimum Gasteiger partial charge on any atom is -0.253 e. The zero-order valence-corrected chi connectivity index (χ0v) is 11.4. The Kier molecular flexibility index (Phi) is 6.96. The van der Waals surface area contributed by atoms with Crippen molar-refractivity contribution in [3.05, 3.63) is 0 Å². The summed E-state index contributed by atoms with van der Waals surface area (Å²) in [5, 5.41) is 0. The van der Waals surface area contributed by atoms with E-state index in [2.05, 4.69) is 0 Å². The summed E-state index contributed by atoms with van der Waals surface area (Å²) in [6.45, 7) is -9.88. The first-order valence-electron chi connectivity index (χ1n) is 5.43. The lowest BCUT2D eigenvalue weighted by Gasteiger charge is -2.36. The summed E-state index contributed by atoms with van der Waals surface area (Å²) in [5.74, 6) is -15.1. The molecule has 0 aromatic carbocycles. The fourth-order valence-corrected chi connectivity index (χ4v) is 1.000. The minimum absolute atomic E-state index is 1.31. The van der Waals surface area contributed by atoms with Crippen molar-refractivity contribution in [3.63, 3.8) is 0 Å². The van der Waals surface area contributed by atoms with Crippen LogP contribution in [0.15, 0.2) is 0 Å². The highest BCUT2D eigenvalue weighted by Crippen LogP contribution is 2.54. The van der Waals surface area contributed by atoms with Crippen molar-refractivity contribution in [1.82, 2.24) is 0 Å². The van der Waals surface area contributed by atoms with Gasteiger partial charge in [0.2, 0.25) is 0 Å². The van der Waals surface area contributed by atoms with Gasteiger partial charge in [0.05, 0.1) is 0 Å². The van der Waals surface area contributed by atoms with Gasteiger partial charge >= 0.3 is 49.5 Å². The van der Waals surface area contributed by atoms with Crippen molar-refractivity contribution in [2.45, 2.75) is 49.5 Å². The van der Waals surface area contributed by atoms with E-state index >= 15 is 0 Å². The van der Waals surface area contributed by atoms with Crippen LogP contribution in [0.4, 0.5) is 70.2 Å². The molecular weight excluding hydrogens is 448 g/mol. The summed E-state index contributed by atoms with van der Waals surface area (Å²) in [6, 6.07) is 0. The van der Waals surface area contributed by atoms with Crippen LogP contribution in [-0.4, -0.2) is 49.5 Å². The van der Waals surface area contributed by atoms with Gasteiger partial charge in [0.25, 0.3) is 0 Å². The third-order valence-electron chi connectivity index (χ3n) is 2.19. The Morgan fingerprint density at radius 3 is 0.815 bits per heavy atom. The van der Waals surface area contributed by atoms with Crippen LogP contribution in [0.3, 0.4) is 0 Å². The first-order valence-corrected chi connectivity index (χ1v) is 5.43. The highest BCUT2D eigenvalue weighted by atomic mass is 19.4. The third-order valence-corrected chi connectivity index (χ3v) is 2.19. The molecule has 0 aliphatic carbocycles. The Morgan fingerprint density at radius 2 is 0.630 bits per heavy atom. The van der Waals surface area contributed by atoms with Crippen molar-refractivity contribution in [3.8, 4) is 0 Å². The third kappa shape index (κ3) is 4.98. The molecule has 0 aromatic heterocycles. The molecule has 0 rings (SSSR count). The molecule has 0 saturated carbocycles. The van der Waals surface area contributed by atoms with E-state index in [9.17, 15) is 70.2 Å². The molecule has 0 aliphatic heterocycles. The van der Waals surface area contributed by atoms with E-state index in [-0.39, 0.29) is 0 Å². The Morgan fingerprint density at radius 1 is 0.407 bits per heavy atom. The first-order chi connectivity index (χ1) is 11.5.